The van der Waals surface area contributed by atoms with Crippen LogP contribution in [0.1, 0.15) is 36.0 Å². The second-order valence-electron chi connectivity index (χ2n) is 4.53. The zero-order valence-electron chi connectivity index (χ0n) is 10.2. The van der Waals surface area contributed by atoms with Crippen LogP contribution in [0.2, 0.25) is 0 Å². The summed E-state index contributed by atoms with van der Waals surface area (Å²) in [6.45, 7) is 0.796. The molecule has 0 saturated heterocycles. The van der Waals surface area contributed by atoms with Crippen LogP contribution >= 0.6 is 0 Å². The summed E-state index contributed by atoms with van der Waals surface area (Å²) in [7, 11) is 1.80. The Kier molecular flexibility index (Phi) is 3.96. The van der Waals surface area contributed by atoms with Crippen LogP contribution in [0.25, 0.3) is 0 Å². The number of carbonyl (C=O) groups excluding carboxylic acids is 1. The Hall–Kier alpha value is -1.58. The molecule has 0 atom stereocenters. The monoisotopic (exact) mass is 233 g/mol. The van der Waals surface area contributed by atoms with Gasteiger partial charge in [0.1, 0.15) is 0 Å². The van der Waals surface area contributed by atoms with Crippen molar-refractivity contribution in [3.8, 4) is 0 Å². The van der Waals surface area contributed by atoms with Crippen LogP contribution < -0.4 is 10.6 Å². The highest BCUT2D eigenvalue weighted by Crippen LogP contribution is 2.24. The highest BCUT2D eigenvalue weighted by atomic mass is 16.1. The van der Waals surface area contributed by atoms with Gasteiger partial charge in [-0.3, -0.25) is 9.78 Å². The van der Waals surface area contributed by atoms with Gasteiger partial charge < -0.3 is 10.6 Å². The lowest BCUT2D eigenvalue weighted by atomic mass is 10.1. The van der Waals surface area contributed by atoms with Gasteiger partial charge in [0.05, 0.1) is 17.4 Å². The van der Waals surface area contributed by atoms with Crippen molar-refractivity contribution in [2.45, 2.75) is 25.7 Å². The van der Waals surface area contributed by atoms with Crippen LogP contribution in [0, 0.1) is 5.92 Å². The van der Waals surface area contributed by atoms with Gasteiger partial charge in [-0.05, 0) is 24.8 Å². The minimum atomic E-state index is -0.0105. The van der Waals surface area contributed by atoms with E-state index >= 15 is 0 Å². The van der Waals surface area contributed by atoms with Crippen LogP contribution in [0.15, 0.2) is 18.5 Å². The van der Waals surface area contributed by atoms with E-state index in [0.29, 0.717) is 11.5 Å². The summed E-state index contributed by atoms with van der Waals surface area (Å²) in [5.74, 6) is 0.655. The fraction of sp³-hybridized carbons (Fsp3) is 0.538. The molecule has 1 aromatic rings. The predicted molar refractivity (Wildman–Crippen MR) is 68.1 cm³/mol. The molecule has 1 saturated carbocycles. The van der Waals surface area contributed by atoms with E-state index in [-0.39, 0.29) is 5.91 Å². The summed E-state index contributed by atoms with van der Waals surface area (Å²) in [4.78, 5) is 16.0. The van der Waals surface area contributed by atoms with Crippen molar-refractivity contribution in [3.63, 3.8) is 0 Å². The number of aromatic nitrogens is 1. The van der Waals surface area contributed by atoms with Crippen LogP contribution in [0.5, 0.6) is 0 Å². The lowest BCUT2D eigenvalue weighted by Gasteiger charge is -2.12. The third kappa shape index (κ3) is 2.96. The average molecular weight is 233 g/mol. The van der Waals surface area contributed by atoms with Gasteiger partial charge in [0.15, 0.2) is 0 Å². The number of pyridine rings is 1. The highest BCUT2D eigenvalue weighted by molar-refractivity contribution is 5.99. The lowest BCUT2D eigenvalue weighted by Crippen LogP contribution is -2.28. The molecule has 0 spiro atoms. The number of anilines is 1. The summed E-state index contributed by atoms with van der Waals surface area (Å²) in [6.07, 6.45) is 8.41. The van der Waals surface area contributed by atoms with Crippen molar-refractivity contribution in [3.05, 3.63) is 24.0 Å². The van der Waals surface area contributed by atoms with E-state index in [1.165, 1.54) is 25.7 Å². The maximum absolute atomic E-state index is 12.0. The van der Waals surface area contributed by atoms with E-state index in [1.807, 2.05) is 0 Å². The van der Waals surface area contributed by atoms with Gasteiger partial charge in [0.25, 0.3) is 5.91 Å². The fourth-order valence-electron chi connectivity index (χ4n) is 2.34. The Morgan fingerprint density at radius 3 is 2.94 bits per heavy atom. The molecule has 1 aliphatic rings. The standard InChI is InChI=1S/C13H19N3O/c1-14-12-9-15-7-6-11(12)13(17)16-8-10-4-2-3-5-10/h6-7,9-10,14H,2-5,8H2,1H3,(H,16,17). The Balaban J connectivity index is 1.94. The van der Waals surface area contributed by atoms with Crippen LogP contribution in [-0.2, 0) is 0 Å². The summed E-state index contributed by atoms with van der Waals surface area (Å²) in [5, 5.41) is 5.99. The van der Waals surface area contributed by atoms with Gasteiger partial charge in [0.2, 0.25) is 0 Å². The molecule has 0 aromatic carbocycles. The van der Waals surface area contributed by atoms with Crippen molar-refractivity contribution in [1.29, 1.82) is 0 Å². The summed E-state index contributed by atoms with van der Waals surface area (Å²) < 4.78 is 0. The quantitative estimate of drug-likeness (QED) is 0.836. The van der Waals surface area contributed by atoms with Gasteiger partial charge >= 0.3 is 0 Å². The molecule has 0 bridgehead atoms. The molecule has 17 heavy (non-hydrogen) atoms. The molecule has 92 valence electrons. The van der Waals surface area contributed by atoms with Crippen LogP contribution in [-0.4, -0.2) is 24.5 Å². The smallest absolute Gasteiger partial charge is 0.253 e. The molecule has 1 fully saturated rings. The van der Waals surface area contributed by atoms with Crippen molar-refractivity contribution < 1.29 is 4.79 Å². The Bertz CT molecular complexity index is 386. The Morgan fingerprint density at radius 2 is 2.24 bits per heavy atom. The molecule has 1 heterocycles. The molecular weight excluding hydrogens is 214 g/mol. The second kappa shape index (κ2) is 5.66. The molecule has 0 unspecified atom stereocenters. The molecule has 2 N–H and O–H groups in total. The van der Waals surface area contributed by atoms with Gasteiger partial charge in [-0.2, -0.15) is 0 Å². The first-order valence-corrected chi connectivity index (χ1v) is 6.21. The number of nitrogens with one attached hydrogen (secondary N) is 2. The van der Waals surface area contributed by atoms with E-state index < -0.39 is 0 Å². The molecule has 0 aliphatic heterocycles. The van der Waals surface area contributed by atoms with E-state index in [4.69, 9.17) is 0 Å². The zero-order chi connectivity index (χ0) is 12.1. The minimum absolute atomic E-state index is 0.0105. The number of rotatable bonds is 4. The maximum Gasteiger partial charge on any atom is 0.253 e. The first kappa shape index (κ1) is 11.9. The molecule has 1 aromatic heterocycles. The molecule has 2 rings (SSSR count). The fourth-order valence-corrected chi connectivity index (χ4v) is 2.34. The van der Waals surface area contributed by atoms with Gasteiger partial charge in [-0.25, -0.2) is 0 Å². The minimum Gasteiger partial charge on any atom is -0.386 e. The van der Waals surface area contributed by atoms with Crippen molar-refractivity contribution in [1.82, 2.24) is 10.3 Å². The SMILES string of the molecule is CNc1cnccc1C(=O)NCC1CCCC1. The number of carbonyl (C=O) groups is 1. The van der Waals surface area contributed by atoms with Crippen molar-refractivity contribution >= 4 is 11.6 Å². The van der Waals surface area contributed by atoms with Gasteiger partial charge in [-0.15, -0.1) is 0 Å². The summed E-state index contributed by atoms with van der Waals surface area (Å²) >= 11 is 0. The molecule has 4 heteroatoms. The number of amides is 1. The number of hydrogen-bond donors (Lipinski definition) is 2. The van der Waals surface area contributed by atoms with Crippen molar-refractivity contribution in [2.24, 2.45) is 5.92 Å². The van der Waals surface area contributed by atoms with Crippen molar-refractivity contribution in [2.75, 3.05) is 18.9 Å². The van der Waals surface area contributed by atoms with E-state index in [0.717, 1.165) is 12.2 Å². The molecule has 4 nitrogen and oxygen atoms in total. The normalized spacial score (nSPS) is 15.8. The third-order valence-corrected chi connectivity index (χ3v) is 3.36. The van der Waals surface area contributed by atoms with E-state index in [1.54, 1.807) is 25.5 Å². The van der Waals surface area contributed by atoms with E-state index in [2.05, 4.69) is 15.6 Å². The van der Waals surface area contributed by atoms with Gasteiger partial charge in [-0.1, -0.05) is 12.8 Å². The highest BCUT2D eigenvalue weighted by Gasteiger charge is 2.17. The molecule has 0 radical (unpaired) electrons. The molecular formula is C13H19N3O. The zero-order valence-corrected chi connectivity index (χ0v) is 10.2. The first-order chi connectivity index (χ1) is 8.31. The summed E-state index contributed by atoms with van der Waals surface area (Å²) in [6, 6.07) is 1.75. The maximum atomic E-state index is 12.0. The summed E-state index contributed by atoms with van der Waals surface area (Å²) in [5.41, 5.74) is 1.44. The number of hydrogen-bond acceptors (Lipinski definition) is 3. The topological polar surface area (TPSA) is 54.0 Å². The molecule has 1 amide bonds. The van der Waals surface area contributed by atoms with E-state index in [9.17, 15) is 4.79 Å². The Labute approximate surface area is 102 Å². The largest absolute Gasteiger partial charge is 0.386 e. The lowest BCUT2D eigenvalue weighted by molar-refractivity contribution is 0.0948. The first-order valence-electron chi connectivity index (χ1n) is 6.21. The van der Waals surface area contributed by atoms with Gasteiger partial charge in [0, 0.05) is 19.8 Å². The van der Waals surface area contributed by atoms with Crippen LogP contribution in [0.4, 0.5) is 5.69 Å². The predicted octanol–water partition coefficient (Wildman–Crippen LogP) is 2.04. The second-order valence-corrected chi connectivity index (χ2v) is 4.53. The third-order valence-electron chi connectivity index (χ3n) is 3.36. The Morgan fingerprint density at radius 1 is 1.47 bits per heavy atom. The number of nitrogens with zero attached hydrogens (tertiary/aromatic N) is 1. The average Bonchev–Trinajstić information content (AvgIpc) is 2.89. The molecule has 1 aliphatic carbocycles. The van der Waals surface area contributed by atoms with Crippen LogP contribution in [0.3, 0.4) is 0 Å².